The SMILES string of the molecule is CCCCc1nc(Cl)c(C(=O)O)n1Cc1ccc(-c2cc(F)c(F)cc2C(=O)O)cc1. The van der Waals surface area contributed by atoms with Crippen LogP contribution in [0.5, 0.6) is 0 Å². The Morgan fingerprint density at radius 1 is 1.06 bits per heavy atom. The lowest BCUT2D eigenvalue weighted by Crippen LogP contribution is -2.13. The molecule has 1 aromatic heterocycles. The van der Waals surface area contributed by atoms with Crippen molar-refractivity contribution >= 4 is 23.5 Å². The monoisotopic (exact) mass is 448 g/mol. The molecule has 3 rings (SSSR count). The molecule has 2 N–H and O–H groups in total. The number of aromatic nitrogens is 2. The summed E-state index contributed by atoms with van der Waals surface area (Å²) < 4.78 is 28.7. The molecule has 0 saturated carbocycles. The zero-order valence-electron chi connectivity index (χ0n) is 16.5. The van der Waals surface area contributed by atoms with Gasteiger partial charge in [-0.15, -0.1) is 0 Å². The van der Waals surface area contributed by atoms with Crippen LogP contribution in [-0.4, -0.2) is 31.7 Å². The lowest BCUT2D eigenvalue weighted by atomic mass is 9.98. The molecule has 0 saturated heterocycles. The van der Waals surface area contributed by atoms with Crippen molar-refractivity contribution in [1.82, 2.24) is 9.55 Å². The molecule has 0 amide bonds. The summed E-state index contributed by atoms with van der Waals surface area (Å²) in [5, 5.41) is 18.7. The smallest absolute Gasteiger partial charge is 0.355 e. The van der Waals surface area contributed by atoms with Gasteiger partial charge in [-0.05, 0) is 35.2 Å². The molecule has 0 aliphatic carbocycles. The highest BCUT2D eigenvalue weighted by molar-refractivity contribution is 6.32. The molecule has 6 nitrogen and oxygen atoms in total. The summed E-state index contributed by atoms with van der Waals surface area (Å²) in [6.07, 6.45) is 2.29. The first kappa shape index (κ1) is 22.4. The Morgan fingerprint density at radius 2 is 1.71 bits per heavy atom. The molecule has 162 valence electrons. The third kappa shape index (κ3) is 4.74. The highest BCUT2D eigenvalue weighted by Crippen LogP contribution is 2.28. The van der Waals surface area contributed by atoms with Crippen LogP contribution in [0.3, 0.4) is 0 Å². The van der Waals surface area contributed by atoms with Crippen LogP contribution >= 0.6 is 11.6 Å². The second-order valence-electron chi connectivity index (χ2n) is 6.98. The number of nitrogens with zero attached hydrogens (tertiary/aromatic N) is 2. The lowest BCUT2D eigenvalue weighted by molar-refractivity contribution is 0.0679. The molecule has 31 heavy (non-hydrogen) atoms. The van der Waals surface area contributed by atoms with Gasteiger partial charge >= 0.3 is 11.9 Å². The maximum Gasteiger partial charge on any atom is 0.355 e. The number of hydrogen-bond acceptors (Lipinski definition) is 3. The number of carboxylic acids is 2. The van der Waals surface area contributed by atoms with E-state index in [0.717, 1.165) is 18.9 Å². The minimum Gasteiger partial charge on any atom is -0.478 e. The number of benzene rings is 2. The number of rotatable bonds is 8. The van der Waals surface area contributed by atoms with E-state index in [-0.39, 0.29) is 28.5 Å². The van der Waals surface area contributed by atoms with Gasteiger partial charge < -0.3 is 14.8 Å². The Labute approximate surface area is 181 Å². The zero-order chi connectivity index (χ0) is 22.7. The van der Waals surface area contributed by atoms with Crippen LogP contribution in [0, 0.1) is 11.6 Å². The number of halogens is 3. The largest absolute Gasteiger partial charge is 0.478 e. The van der Waals surface area contributed by atoms with E-state index in [9.17, 15) is 28.6 Å². The number of imidazole rings is 1. The molecule has 3 aromatic rings. The van der Waals surface area contributed by atoms with Crippen molar-refractivity contribution in [2.75, 3.05) is 0 Å². The predicted molar refractivity (Wildman–Crippen MR) is 111 cm³/mol. The number of aromatic carboxylic acids is 2. The standard InChI is InChI=1S/C22H19ClF2N2O4/c1-2-3-4-18-26-20(23)19(22(30)31)27(18)11-12-5-7-13(8-6-12)14-9-16(24)17(25)10-15(14)21(28)29/h5-10H,2-4,11H2,1H3,(H,28,29)(H,30,31). The average molecular weight is 449 g/mol. The molecule has 1 heterocycles. The molecule has 0 atom stereocenters. The fourth-order valence-corrected chi connectivity index (χ4v) is 3.58. The maximum absolute atomic E-state index is 13.7. The zero-order valence-corrected chi connectivity index (χ0v) is 17.3. The van der Waals surface area contributed by atoms with Gasteiger partial charge in [0.2, 0.25) is 0 Å². The number of carboxylic acid groups (broad SMARTS) is 2. The van der Waals surface area contributed by atoms with Gasteiger partial charge in [0.25, 0.3) is 0 Å². The Balaban J connectivity index is 1.97. The van der Waals surface area contributed by atoms with Crippen LogP contribution in [0.25, 0.3) is 11.1 Å². The van der Waals surface area contributed by atoms with Gasteiger partial charge in [0, 0.05) is 13.0 Å². The Morgan fingerprint density at radius 3 is 2.29 bits per heavy atom. The number of unbranched alkanes of at least 4 members (excludes halogenated alkanes) is 1. The molecular weight excluding hydrogens is 430 g/mol. The molecule has 0 spiro atoms. The van der Waals surface area contributed by atoms with Crippen molar-refractivity contribution in [1.29, 1.82) is 0 Å². The Bertz CT molecular complexity index is 1140. The summed E-state index contributed by atoms with van der Waals surface area (Å²) in [5.41, 5.74) is 0.665. The summed E-state index contributed by atoms with van der Waals surface area (Å²) in [5.74, 6) is -4.40. The summed E-state index contributed by atoms with van der Waals surface area (Å²) >= 11 is 6.04. The molecule has 9 heteroatoms. The highest BCUT2D eigenvalue weighted by Gasteiger charge is 2.22. The third-order valence-corrected chi connectivity index (χ3v) is 5.12. The summed E-state index contributed by atoms with van der Waals surface area (Å²) in [4.78, 5) is 27.3. The van der Waals surface area contributed by atoms with Gasteiger partial charge in [0.05, 0.1) is 5.56 Å². The van der Waals surface area contributed by atoms with E-state index >= 15 is 0 Å². The fraction of sp³-hybridized carbons (Fsp3) is 0.227. The van der Waals surface area contributed by atoms with Crippen molar-refractivity contribution in [3.63, 3.8) is 0 Å². The van der Waals surface area contributed by atoms with Crippen LogP contribution in [0.4, 0.5) is 8.78 Å². The fourth-order valence-electron chi connectivity index (χ4n) is 3.30. The van der Waals surface area contributed by atoms with Crippen LogP contribution in [0.1, 0.15) is 52.0 Å². The van der Waals surface area contributed by atoms with Crippen molar-refractivity contribution in [3.05, 3.63) is 75.8 Å². The molecule has 2 aromatic carbocycles. The third-order valence-electron chi connectivity index (χ3n) is 4.86. The number of aryl methyl sites for hydroxylation is 1. The maximum atomic E-state index is 13.7. The highest BCUT2D eigenvalue weighted by atomic mass is 35.5. The van der Waals surface area contributed by atoms with Gasteiger partial charge in [0.1, 0.15) is 5.82 Å². The van der Waals surface area contributed by atoms with Crippen molar-refractivity contribution in [3.8, 4) is 11.1 Å². The van der Waals surface area contributed by atoms with Crippen LogP contribution in [0.2, 0.25) is 5.15 Å². The van der Waals surface area contributed by atoms with Gasteiger partial charge in [-0.3, -0.25) is 0 Å². The second kappa shape index (κ2) is 9.26. The Hall–Kier alpha value is -3.26. The molecule has 0 bridgehead atoms. The topological polar surface area (TPSA) is 92.4 Å². The number of hydrogen-bond donors (Lipinski definition) is 2. The minimum atomic E-state index is -1.38. The van der Waals surface area contributed by atoms with Crippen LogP contribution in [0.15, 0.2) is 36.4 Å². The van der Waals surface area contributed by atoms with Crippen molar-refractivity contribution in [2.45, 2.75) is 32.7 Å². The first-order chi connectivity index (χ1) is 14.7. The minimum absolute atomic E-state index is 0.0403. The molecule has 0 aliphatic rings. The van der Waals surface area contributed by atoms with E-state index in [1.807, 2.05) is 6.92 Å². The van der Waals surface area contributed by atoms with Gasteiger partial charge in [-0.2, -0.15) is 0 Å². The van der Waals surface area contributed by atoms with E-state index in [1.165, 1.54) is 4.57 Å². The summed E-state index contributed by atoms with van der Waals surface area (Å²) in [6, 6.07) is 7.94. The van der Waals surface area contributed by atoms with E-state index < -0.39 is 23.6 Å². The molecule has 0 unspecified atom stereocenters. The average Bonchev–Trinajstić information content (AvgIpc) is 3.03. The number of carbonyl (C=O) groups is 2. The second-order valence-corrected chi connectivity index (χ2v) is 7.33. The van der Waals surface area contributed by atoms with Gasteiger partial charge in [-0.25, -0.2) is 23.4 Å². The first-order valence-corrected chi connectivity index (χ1v) is 9.90. The normalized spacial score (nSPS) is 11.0. The van der Waals surface area contributed by atoms with Crippen LogP contribution in [-0.2, 0) is 13.0 Å². The molecule has 0 radical (unpaired) electrons. The van der Waals surface area contributed by atoms with Crippen molar-refractivity contribution < 1.29 is 28.6 Å². The van der Waals surface area contributed by atoms with Gasteiger partial charge in [-0.1, -0.05) is 49.2 Å². The lowest BCUT2D eigenvalue weighted by Gasteiger charge is -2.12. The van der Waals surface area contributed by atoms with E-state index in [4.69, 9.17) is 11.6 Å². The van der Waals surface area contributed by atoms with Crippen LogP contribution < -0.4 is 0 Å². The summed E-state index contributed by atoms with van der Waals surface area (Å²) in [6.45, 7) is 2.19. The summed E-state index contributed by atoms with van der Waals surface area (Å²) in [7, 11) is 0. The van der Waals surface area contributed by atoms with E-state index in [1.54, 1.807) is 24.3 Å². The predicted octanol–water partition coefficient (Wildman–Crippen LogP) is 5.27. The molecule has 0 fully saturated rings. The quantitative estimate of drug-likeness (QED) is 0.489. The van der Waals surface area contributed by atoms with E-state index in [0.29, 0.717) is 29.4 Å². The first-order valence-electron chi connectivity index (χ1n) is 9.52. The molecular formula is C22H19ClF2N2O4. The Kier molecular flexibility index (Phi) is 6.70. The molecule has 0 aliphatic heterocycles. The van der Waals surface area contributed by atoms with E-state index in [2.05, 4.69) is 4.98 Å². The van der Waals surface area contributed by atoms with Gasteiger partial charge in [0.15, 0.2) is 22.5 Å². The van der Waals surface area contributed by atoms with Crippen molar-refractivity contribution in [2.24, 2.45) is 0 Å².